The maximum Gasteiger partial charge on any atom is 0.269 e. The summed E-state index contributed by atoms with van der Waals surface area (Å²) in [5.74, 6) is -0.262. The van der Waals surface area contributed by atoms with E-state index in [1.54, 1.807) is 6.07 Å². The molecule has 0 saturated heterocycles. The van der Waals surface area contributed by atoms with Crippen LogP contribution in [0.25, 0.3) is 10.9 Å². The molecule has 24 heavy (non-hydrogen) atoms. The highest BCUT2D eigenvalue weighted by Gasteiger charge is 2.07. The van der Waals surface area contributed by atoms with Gasteiger partial charge in [-0.25, -0.2) is 0 Å². The van der Waals surface area contributed by atoms with Gasteiger partial charge >= 0.3 is 0 Å². The molecule has 0 spiro atoms. The molecule has 1 aromatic heterocycles. The highest BCUT2D eigenvalue weighted by molar-refractivity contribution is 7.80. The Kier molecular flexibility index (Phi) is 4.17. The fourth-order valence-electron chi connectivity index (χ4n) is 2.19. The number of aromatic nitrogens is 1. The number of hydrazine groups is 1. The number of hydrogen-bond acceptors (Lipinski definition) is 5. The number of nitro groups is 1. The van der Waals surface area contributed by atoms with Crippen LogP contribution in [-0.4, -0.2) is 15.0 Å². The minimum Gasteiger partial charge on any atom is -0.859 e. The quantitative estimate of drug-likeness (QED) is 0.327. The normalized spacial score (nSPS) is 10.3. The van der Waals surface area contributed by atoms with Gasteiger partial charge < -0.3 is 15.4 Å². The molecule has 0 bridgehead atoms. The smallest absolute Gasteiger partial charge is 0.269 e. The molecule has 9 heteroatoms. The molecule has 0 unspecified atom stereocenters. The molecule has 1 heterocycles. The number of benzene rings is 2. The number of hydrogen-bond donors (Lipinski definition) is 4. The first-order valence-corrected chi connectivity index (χ1v) is 7.30. The lowest BCUT2D eigenvalue weighted by Crippen LogP contribution is -2.33. The van der Waals surface area contributed by atoms with Gasteiger partial charge in [-0.1, -0.05) is 18.2 Å². The first-order valence-electron chi connectivity index (χ1n) is 6.90. The molecule has 0 aliphatic heterocycles. The lowest BCUT2D eigenvalue weighted by Gasteiger charge is -2.14. The maximum absolute atomic E-state index is 11.9. The second-order valence-corrected chi connectivity index (χ2v) is 5.29. The lowest BCUT2D eigenvalue weighted by atomic mass is 10.2. The zero-order chi connectivity index (χ0) is 17.1. The minimum absolute atomic E-state index is 0.00709. The molecule has 0 aliphatic carbocycles. The number of nitrogens with one attached hydrogen (secondary N) is 4. The molecule has 0 fully saturated rings. The Hall–Kier alpha value is -3.33. The van der Waals surface area contributed by atoms with Crippen molar-refractivity contribution < 1.29 is 10.0 Å². The fourth-order valence-corrected chi connectivity index (χ4v) is 2.36. The topological polar surface area (TPSA) is 118 Å². The van der Waals surface area contributed by atoms with Crippen molar-refractivity contribution in [3.8, 4) is 5.88 Å². The predicted molar refractivity (Wildman–Crippen MR) is 93.8 cm³/mol. The Morgan fingerprint density at radius 2 is 1.83 bits per heavy atom. The summed E-state index contributed by atoms with van der Waals surface area (Å²) in [6.07, 6.45) is 0. The van der Waals surface area contributed by atoms with Gasteiger partial charge in [0.1, 0.15) is 0 Å². The average molecular weight is 342 g/mol. The van der Waals surface area contributed by atoms with E-state index in [0.29, 0.717) is 11.4 Å². The summed E-state index contributed by atoms with van der Waals surface area (Å²) < 4.78 is 0. The van der Waals surface area contributed by atoms with Crippen LogP contribution in [0.15, 0.2) is 48.5 Å². The van der Waals surface area contributed by atoms with E-state index in [9.17, 15) is 15.2 Å². The number of H-pyrrole nitrogens is 1. The van der Waals surface area contributed by atoms with E-state index < -0.39 is 4.92 Å². The van der Waals surface area contributed by atoms with E-state index in [4.69, 9.17) is 12.2 Å². The summed E-state index contributed by atoms with van der Waals surface area (Å²) in [5.41, 5.74) is 7.16. The Balaban J connectivity index is 1.64. The molecule has 0 amide bonds. The monoisotopic (exact) mass is 342 g/mol. The molecule has 122 valence electrons. The van der Waals surface area contributed by atoms with Crippen molar-refractivity contribution in [3.63, 3.8) is 0 Å². The predicted octanol–water partition coefficient (Wildman–Crippen LogP) is 2.46. The van der Waals surface area contributed by atoms with Crippen LogP contribution in [0.2, 0.25) is 0 Å². The van der Waals surface area contributed by atoms with E-state index in [1.807, 2.05) is 18.2 Å². The third-order valence-corrected chi connectivity index (χ3v) is 3.51. The van der Waals surface area contributed by atoms with Crippen LogP contribution in [0.3, 0.4) is 0 Å². The Morgan fingerprint density at radius 3 is 2.54 bits per heavy atom. The van der Waals surface area contributed by atoms with Gasteiger partial charge in [0.25, 0.3) is 5.69 Å². The number of fused-ring (bicyclic) bond motifs is 1. The number of nitro benzene ring substituents is 1. The van der Waals surface area contributed by atoms with Crippen molar-refractivity contribution in [2.75, 3.05) is 10.7 Å². The van der Waals surface area contributed by atoms with Gasteiger partial charge in [-0.05, 0) is 36.3 Å². The number of aromatic amines is 1. The SMILES string of the molecule is O=[N+]([O-])c1ccc(NC(=S)NNc2c([O-])[nH]c3ccccc23)cc1. The van der Waals surface area contributed by atoms with Gasteiger partial charge in [-0.3, -0.25) is 21.0 Å². The van der Waals surface area contributed by atoms with Crippen molar-refractivity contribution in [3.05, 3.63) is 58.6 Å². The summed E-state index contributed by atoms with van der Waals surface area (Å²) in [7, 11) is 0. The van der Waals surface area contributed by atoms with Crippen LogP contribution in [0.1, 0.15) is 0 Å². The van der Waals surface area contributed by atoms with E-state index in [1.165, 1.54) is 24.3 Å². The molecule has 3 rings (SSSR count). The molecule has 0 radical (unpaired) electrons. The molecule has 3 aromatic rings. The van der Waals surface area contributed by atoms with Crippen LogP contribution >= 0.6 is 12.2 Å². The van der Waals surface area contributed by atoms with Crippen LogP contribution in [-0.2, 0) is 0 Å². The number of nitrogens with zero attached hydrogens (tertiary/aromatic N) is 1. The van der Waals surface area contributed by atoms with E-state index in [-0.39, 0.29) is 16.7 Å². The van der Waals surface area contributed by atoms with Crippen molar-refractivity contribution >= 4 is 45.3 Å². The Bertz CT molecular complexity index is 907. The zero-order valence-corrected chi connectivity index (χ0v) is 13.0. The molecule has 0 atom stereocenters. The van der Waals surface area contributed by atoms with Crippen LogP contribution in [0, 0.1) is 10.1 Å². The van der Waals surface area contributed by atoms with E-state index in [2.05, 4.69) is 21.2 Å². The van der Waals surface area contributed by atoms with Crippen molar-refractivity contribution in [1.82, 2.24) is 10.4 Å². The van der Waals surface area contributed by atoms with Crippen LogP contribution in [0.4, 0.5) is 17.1 Å². The Labute approximate surface area is 141 Å². The Morgan fingerprint density at radius 1 is 1.12 bits per heavy atom. The standard InChI is InChI=1S/C15H13N5O3S/c21-14-13(11-3-1-2-4-12(11)17-14)18-19-15(24)16-9-5-7-10(8-6-9)20(22)23/h1-8,17-18,21H,(H2,16,19,24)/p-1. The molecule has 0 aliphatic rings. The van der Waals surface area contributed by atoms with E-state index >= 15 is 0 Å². The third kappa shape index (κ3) is 3.20. The number of thiocarbonyl (C=S) groups is 1. The highest BCUT2D eigenvalue weighted by Crippen LogP contribution is 2.29. The van der Waals surface area contributed by atoms with Gasteiger partial charge in [0.15, 0.2) is 5.11 Å². The fraction of sp³-hybridized carbons (Fsp3) is 0. The van der Waals surface area contributed by atoms with Gasteiger partial charge in [0, 0.05) is 28.7 Å². The molecule has 0 saturated carbocycles. The minimum atomic E-state index is -0.477. The second kappa shape index (κ2) is 6.42. The van der Waals surface area contributed by atoms with Crippen LogP contribution in [0.5, 0.6) is 5.88 Å². The number of anilines is 2. The molecule has 2 aromatic carbocycles. The van der Waals surface area contributed by atoms with Gasteiger partial charge in [-0.15, -0.1) is 0 Å². The molecule has 8 nitrogen and oxygen atoms in total. The molecule has 4 N–H and O–H groups in total. The summed E-state index contributed by atoms with van der Waals surface area (Å²) in [4.78, 5) is 12.9. The van der Waals surface area contributed by atoms with E-state index in [0.717, 1.165) is 10.9 Å². The average Bonchev–Trinajstić information content (AvgIpc) is 2.88. The summed E-state index contributed by atoms with van der Waals surface area (Å²) >= 11 is 5.13. The highest BCUT2D eigenvalue weighted by atomic mass is 32.1. The van der Waals surface area contributed by atoms with Gasteiger partial charge in [-0.2, -0.15) is 0 Å². The van der Waals surface area contributed by atoms with Crippen LogP contribution < -0.4 is 21.3 Å². The molecular weight excluding hydrogens is 330 g/mol. The summed E-state index contributed by atoms with van der Waals surface area (Å²) in [6, 6.07) is 13.1. The summed E-state index contributed by atoms with van der Waals surface area (Å²) in [5, 5.41) is 26.4. The van der Waals surface area contributed by atoms with Gasteiger partial charge in [0.2, 0.25) is 0 Å². The number of para-hydroxylation sites is 1. The van der Waals surface area contributed by atoms with Crippen molar-refractivity contribution in [2.45, 2.75) is 0 Å². The van der Waals surface area contributed by atoms with Crippen molar-refractivity contribution in [2.24, 2.45) is 0 Å². The number of non-ortho nitro benzene ring substituents is 1. The van der Waals surface area contributed by atoms with Crippen molar-refractivity contribution in [1.29, 1.82) is 0 Å². The molecular formula is C15H12N5O3S-. The second-order valence-electron chi connectivity index (χ2n) is 4.88. The van der Waals surface area contributed by atoms with Gasteiger partial charge in [0.05, 0.1) is 10.6 Å². The number of rotatable bonds is 4. The third-order valence-electron chi connectivity index (χ3n) is 3.31. The zero-order valence-electron chi connectivity index (χ0n) is 12.2. The largest absolute Gasteiger partial charge is 0.859 e. The maximum atomic E-state index is 11.9. The lowest BCUT2D eigenvalue weighted by molar-refractivity contribution is -0.384. The first-order chi connectivity index (χ1) is 11.5. The first kappa shape index (κ1) is 15.6. The summed E-state index contributed by atoms with van der Waals surface area (Å²) in [6.45, 7) is 0.